The smallest absolute Gasteiger partial charge is 0.0649 e. The molecule has 3 rings (SSSR count). The SMILES string of the molecule is C=NC(=C)/C(C)=C1/C(=C)N(C)C(C)CN1CCC1(c2ccccc2)CCCC1. The van der Waals surface area contributed by atoms with Gasteiger partial charge in [0, 0.05) is 26.2 Å². The van der Waals surface area contributed by atoms with E-state index in [-0.39, 0.29) is 0 Å². The predicted molar refractivity (Wildman–Crippen MR) is 121 cm³/mol. The van der Waals surface area contributed by atoms with Gasteiger partial charge in [-0.25, -0.2) is 0 Å². The molecule has 0 aromatic heterocycles. The number of nitrogens with zero attached hydrogens (tertiary/aromatic N) is 3. The average molecular weight is 378 g/mol. The van der Waals surface area contributed by atoms with Crippen LogP contribution in [-0.4, -0.2) is 42.7 Å². The van der Waals surface area contributed by atoms with Gasteiger partial charge in [0.1, 0.15) is 0 Å². The van der Waals surface area contributed by atoms with Gasteiger partial charge in [0.25, 0.3) is 0 Å². The Morgan fingerprint density at radius 3 is 2.46 bits per heavy atom. The van der Waals surface area contributed by atoms with Crippen molar-refractivity contribution < 1.29 is 0 Å². The van der Waals surface area contributed by atoms with Crippen LogP contribution in [0.25, 0.3) is 0 Å². The van der Waals surface area contributed by atoms with E-state index in [4.69, 9.17) is 0 Å². The Morgan fingerprint density at radius 1 is 1.21 bits per heavy atom. The first kappa shape index (κ1) is 20.4. The van der Waals surface area contributed by atoms with Gasteiger partial charge in [0.05, 0.1) is 17.1 Å². The van der Waals surface area contributed by atoms with E-state index in [1.165, 1.54) is 43.4 Å². The number of hydrogen-bond donors (Lipinski definition) is 0. The van der Waals surface area contributed by atoms with E-state index in [9.17, 15) is 0 Å². The number of rotatable bonds is 6. The van der Waals surface area contributed by atoms with Gasteiger partial charge in [-0.3, -0.25) is 4.99 Å². The highest BCUT2D eigenvalue weighted by Crippen LogP contribution is 2.44. The normalized spacial score (nSPS) is 23.7. The second-order valence-electron chi connectivity index (χ2n) is 8.53. The fourth-order valence-corrected chi connectivity index (χ4v) is 4.94. The summed E-state index contributed by atoms with van der Waals surface area (Å²) in [6.07, 6.45) is 6.42. The third-order valence-corrected chi connectivity index (χ3v) is 6.95. The highest BCUT2D eigenvalue weighted by Gasteiger charge is 2.37. The zero-order valence-electron chi connectivity index (χ0n) is 17.9. The van der Waals surface area contributed by atoms with Gasteiger partial charge < -0.3 is 9.80 Å². The van der Waals surface area contributed by atoms with Gasteiger partial charge in [-0.1, -0.05) is 56.3 Å². The van der Waals surface area contributed by atoms with Crippen LogP contribution in [0.15, 0.2) is 71.1 Å². The Balaban J connectivity index is 1.89. The van der Waals surface area contributed by atoms with Crippen molar-refractivity contribution in [1.82, 2.24) is 9.80 Å². The summed E-state index contributed by atoms with van der Waals surface area (Å²) in [5, 5.41) is 0. The van der Waals surface area contributed by atoms with Crippen molar-refractivity contribution in [3.63, 3.8) is 0 Å². The molecule has 0 spiro atoms. The molecule has 1 atom stereocenters. The predicted octanol–water partition coefficient (Wildman–Crippen LogP) is 5.53. The molecule has 150 valence electrons. The molecular weight excluding hydrogens is 342 g/mol. The van der Waals surface area contributed by atoms with E-state index in [1.807, 2.05) is 0 Å². The molecule has 3 heteroatoms. The summed E-state index contributed by atoms with van der Waals surface area (Å²) < 4.78 is 0. The van der Waals surface area contributed by atoms with Crippen LogP contribution in [0.5, 0.6) is 0 Å². The Morgan fingerprint density at radius 2 is 1.86 bits per heavy atom. The summed E-state index contributed by atoms with van der Waals surface area (Å²) in [5.74, 6) is 0. The second-order valence-corrected chi connectivity index (χ2v) is 8.53. The molecule has 1 aliphatic carbocycles. The number of piperazine rings is 1. The number of allylic oxidation sites excluding steroid dienone is 1. The molecule has 0 amide bonds. The summed E-state index contributed by atoms with van der Waals surface area (Å²) in [7, 11) is 2.13. The van der Waals surface area contributed by atoms with Crippen LogP contribution in [0.1, 0.15) is 51.5 Å². The van der Waals surface area contributed by atoms with Crippen LogP contribution in [0, 0.1) is 0 Å². The first-order valence-corrected chi connectivity index (χ1v) is 10.5. The maximum atomic E-state index is 4.39. The molecule has 1 aliphatic heterocycles. The van der Waals surface area contributed by atoms with Crippen molar-refractivity contribution >= 4 is 6.72 Å². The van der Waals surface area contributed by atoms with Crippen molar-refractivity contribution in [3.8, 4) is 0 Å². The number of benzene rings is 1. The zero-order chi connectivity index (χ0) is 20.3. The van der Waals surface area contributed by atoms with Crippen LogP contribution in [0.2, 0.25) is 0 Å². The van der Waals surface area contributed by atoms with Gasteiger partial charge >= 0.3 is 0 Å². The monoisotopic (exact) mass is 377 g/mol. The number of hydrogen-bond acceptors (Lipinski definition) is 3. The molecule has 0 bridgehead atoms. The maximum absolute atomic E-state index is 4.39. The lowest BCUT2D eigenvalue weighted by atomic mass is 9.76. The van der Waals surface area contributed by atoms with Crippen molar-refractivity contribution in [3.05, 3.63) is 71.7 Å². The average Bonchev–Trinajstić information content (AvgIpc) is 3.20. The Bertz CT molecular complexity index is 768. The van der Waals surface area contributed by atoms with Crippen molar-refractivity contribution in [2.75, 3.05) is 20.1 Å². The fraction of sp³-hybridized carbons (Fsp3) is 0.480. The van der Waals surface area contributed by atoms with Crippen molar-refractivity contribution in [1.29, 1.82) is 0 Å². The topological polar surface area (TPSA) is 18.8 Å². The molecule has 2 aliphatic rings. The molecule has 1 unspecified atom stereocenters. The quantitative estimate of drug-likeness (QED) is 0.607. The first-order valence-electron chi connectivity index (χ1n) is 10.5. The van der Waals surface area contributed by atoms with Gasteiger partial charge in [-0.2, -0.15) is 0 Å². The maximum Gasteiger partial charge on any atom is 0.0649 e. The lowest BCUT2D eigenvalue weighted by Gasteiger charge is -2.45. The number of aliphatic imine (C=N–C) groups is 1. The van der Waals surface area contributed by atoms with Crippen LogP contribution >= 0.6 is 0 Å². The van der Waals surface area contributed by atoms with E-state index < -0.39 is 0 Å². The van der Waals surface area contributed by atoms with E-state index in [0.717, 1.165) is 30.1 Å². The molecule has 1 saturated carbocycles. The van der Waals surface area contributed by atoms with Crippen molar-refractivity contribution in [2.45, 2.75) is 57.4 Å². The first-order chi connectivity index (χ1) is 13.4. The van der Waals surface area contributed by atoms with Gasteiger partial charge in [0.15, 0.2) is 0 Å². The minimum absolute atomic E-state index is 0.307. The zero-order valence-corrected chi connectivity index (χ0v) is 17.9. The highest BCUT2D eigenvalue weighted by atomic mass is 15.3. The highest BCUT2D eigenvalue weighted by molar-refractivity contribution is 5.44. The summed E-state index contributed by atoms with van der Waals surface area (Å²) >= 11 is 0. The molecule has 0 radical (unpaired) electrons. The van der Waals surface area contributed by atoms with E-state index >= 15 is 0 Å². The molecule has 2 fully saturated rings. The molecule has 1 saturated heterocycles. The molecular formula is C25H35N3. The molecule has 1 aromatic carbocycles. The van der Waals surface area contributed by atoms with E-state index in [0.29, 0.717) is 11.5 Å². The summed E-state index contributed by atoms with van der Waals surface area (Å²) in [5.41, 5.74) is 5.87. The molecule has 1 aromatic rings. The molecule has 1 heterocycles. The largest absolute Gasteiger partial charge is 0.369 e. The van der Waals surface area contributed by atoms with Crippen molar-refractivity contribution in [2.24, 2.45) is 4.99 Å². The molecule has 0 N–H and O–H groups in total. The number of likely N-dealkylation sites (N-methyl/N-ethyl adjacent to an activating group) is 1. The van der Waals surface area contributed by atoms with Gasteiger partial charge in [-0.05, 0) is 56.4 Å². The van der Waals surface area contributed by atoms with Gasteiger partial charge in [0.2, 0.25) is 0 Å². The standard InChI is InChI=1S/C25H35N3/c1-19-18-28(24(22(4)27(19)6)20(2)21(3)26-5)17-16-25(14-10-11-15-25)23-12-8-7-9-13-23/h7-9,12-13,19H,3-5,10-11,14-18H2,1-2,6H3/b24-20-. The second kappa shape index (κ2) is 8.38. The molecule has 3 nitrogen and oxygen atoms in total. The lowest BCUT2D eigenvalue weighted by molar-refractivity contribution is 0.172. The van der Waals surface area contributed by atoms with Crippen LogP contribution in [0.3, 0.4) is 0 Å². The van der Waals surface area contributed by atoms with Crippen LogP contribution < -0.4 is 0 Å². The summed E-state index contributed by atoms with van der Waals surface area (Å²) in [6, 6.07) is 11.6. The fourth-order valence-electron chi connectivity index (χ4n) is 4.94. The van der Waals surface area contributed by atoms with Gasteiger partial charge in [-0.15, -0.1) is 0 Å². The Hall–Kier alpha value is -2.29. The Kier molecular flexibility index (Phi) is 6.12. The third-order valence-electron chi connectivity index (χ3n) is 6.95. The summed E-state index contributed by atoms with van der Waals surface area (Å²) in [4.78, 5) is 8.87. The minimum atomic E-state index is 0.307. The minimum Gasteiger partial charge on any atom is -0.369 e. The summed E-state index contributed by atoms with van der Waals surface area (Å²) in [6.45, 7) is 18.5. The van der Waals surface area contributed by atoms with Crippen LogP contribution in [0.4, 0.5) is 0 Å². The lowest BCUT2D eigenvalue weighted by Crippen LogP contribution is -2.48. The third kappa shape index (κ3) is 3.80. The Labute approximate surface area is 171 Å². The van der Waals surface area contributed by atoms with E-state index in [1.54, 1.807) is 0 Å². The van der Waals surface area contributed by atoms with Crippen LogP contribution in [-0.2, 0) is 5.41 Å². The van der Waals surface area contributed by atoms with E-state index in [2.05, 4.69) is 85.9 Å². The molecule has 28 heavy (non-hydrogen) atoms.